The number of ether oxygens (including phenoxy) is 9. The van der Waals surface area contributed by atoms with Gasteiger partial charge in [0.05, 0.1) is 69.0 Å². The molecule has 1 aromatic carbocycles. The van der Waals surface area contributed by atoms with Gasteiger partial charge in [-0.2, -0.15) is 37.0 Å². The minimum Gasteiger partial charge on any atom is -0.502 e. The smallest absolute Gasteiger partial charge is 0.339 e. The van der Waals surface area contributed by atoms with Gasteiger partial charge in [-0.05, 0) is 112 Å². The summed E-state index contributed by atoms with van der Waals surface area (Å²) in [6, 6.07) is 6.66. The molecule has 99 heavy (non-hydrogen) atoms. The highest BCUT2D eigenvalue weighted by Gasteiger charge is 2.22. The van der Waals surface area contributed by atoms with Crippen LogP contribution in [0.3, 0.4) is 0 Å². The van der Waals surface area contributed by atoms with Crippen LogP contribution in [0.25, 0.3) is 0 Å². The van der Waals surface area contributed by atoms with Crippen molar-refractivity contribution in [2.45, 2.75) is 90.3 Å². The van der Waals surface area contributed by atoms with E-state index >= 15 is 0 Å². The maximum Gasteiger partial charge on any atom is 0.339 e. The van der Waals surface area contributed by atoms with Crippen molar-refractivity contribution in [3.8, 4) is 18.0 Å². The highest BCUT2D eigenvalue weighted by Crippen LogP contribution is 2.29. The molecule has 20 nitrogen and oxygen atoms in total. The van der Waals surface area contributed by atoms with Crippen LogP contribution in [0.15, 0.2) is 240 Å². The normalized spacial score (nSPS) is 14.4. The number of esters is 2. The number of carbonyl (C=O) groups is 2. The van der Waals surface area contributed by atoms with Crippen LogP contribution in [0.1, 0.15) is 91.3 Å². The molecule has 544 valence electrons. The van der Waals surface area contributed by atoms with Gasteiger partial charge in [-0.3, -0.25) is 0 Å². The Kier molecular flexibility index (Phi) is 61.7. The molecule has 3 aliphatic carbocycles. The first-order chi connectivity index (χ1) is 48.2. The van der Waals surface area contributed by atoms with Gasteiger partial charge in [-0.1, -0.05) is 162 Å². The monoisotopic (exact) mass is 1420 g/mol. The van der Waals surface area contributed by atoms with Crippen LogP contribution in [-0.2, 0) is 48.1 Å². The van der Waals surface area contributed by atoms with E-state index in [4.69, 9.17) is 42.6 Å². The van der Waals surface area contributed by atoms with E-state index in [2.05, 4.69) is 168 Å². The average Bonchev–Trinajstić information content (AvgIpc) is 0.794. The van der Waals surface area contributed by atoms with Crippen LogP contribution in [0.4, 0.5) is 0 Å². The Morgan fingerprint density at radius 1 is 0.455 bits per heavy atom. The van der Waals surface area contributed by atoms with Crippen LogP contribution in [-0.4, -0.2) is 123 Å². The minimum absolute atomic E-state index is 0.0478. The molecule has 0 spiro atoms. The molecule has 0 amide bonds. The maximum absolute atomic E-state index is 11.9. The molecule has 0 aliphatic heterocycles. The van der Waals surface area contributed by atoms with Crippen LogP contribution in [0.5, 0.6) is 18.0 Å². The zero-order chi connectivity index (χ0) is 73.8. The first-order valence-corrected chi connectivity index (χ1v) is 34.8. The summed E-state index contributed by atoms with van der Waals surface area (Å²) in [6.45, 7) is 49.4. The van der Waals surface area contributed by atoms with Gasteiger partial charge in [-0.25, -0.2) is 37.7 Å². The van der Waals surface area contributed by atoms with Gasteiger partial charge in [0.1, 0.15) is 46.2 Å². The Morgan fingerprint density at radius 3 is 1.05 bits per heavy atom. The lowest BCUT2D eigenvalue weighted by Crippen LogP contribution is -2.54. The van der Waals surface area contributed by atoms with Gasteiger partial charge < -0.3 is 42.6 Å². The lowest BCUT2D eigenvalue weighted by Gasteiger charge is -2.27. The van der Waals surface area contributed by atoms with Crippen molar-refractivity contribution in [2.75, 3.05) is 82.5 Å². The van der Waals surface area contributed by atoms with E-state index in [0.717, 1.165) is 55.8 Å². The number of carbonyl (C=O) groups excluding carboxylic acids is 2. The zero-order valence-electron chi connectivity index (χ0n) is 58.0. The standard InChI is InChI=1S/C14H14O4.2C12H15N3O3.C12H20O2.2C8H12.C6H10O2.C4H10S3/c1-3-9-17-13(15)11-7-5-6-8-12(11)14(16)18-10-4-2;1-4-7-16-10-13-11(17-8-5-2)15-12(14-10)18-9-6-3;1-4-7-13-10(16)14(8-5-2)12(18)15(9-6-3)11(13)17;1-3-13-9-11-5-7-12(8-6-11)10-14-4-2;1-2-8-6-4-3-5-7-8;1-2-4-6-8-7-5-3-1;1-3-7-5-6-8-4-2;5-1-3-7-4-2-6/h3-8H,1-2,9-10H2;2*4-6H,1-3,7-9H2;3-4,11-12H,1-2,5-10H2;2-4,8H,1,5-7H2;1-2,7-8H,3-6H2;3-4H,1-2,5-6H2;5-6H,1-4H2/b;;;;;2-1-,8-7?;;. The molecule has 0 radical (unpaired) electrons. The molecule has 2 aromatic heterocycles. The lowest BCUT2D eigenvalue weighted by atomic mass is 9.83. The van der Waals surface area contributed by atoms with Crippen molar-refractivity contribution in [1.82, 2.24) is 28.7 Å². The highest BCUT2D eigenvalue weighted by atomic mass is 32.2. The first kappa shape index (κ1) is 92.1. The predicted octanol–water partition coefficient (Wildman–Crippen LogP) is 14.9. The summed E-state index contributed by atoms with van der Waals surface area (Å²) in [5.74, 6) is 5.31. The lowest BCUT2D eigenvalue weighted by molar-refractivity contribution is 0.0503. The van der Waals surface area contributed by atoms with Crippen LogP contribution < -0.4 is 31.3 Å². The summed E-state index contributed by atoms with van der Waals surface area (Å²) in [4.78, 5) is 71.1. The van der Waals surface area contributed by atoms with E-state index in [1.165, 1.54) is 138 Å². The summed E-state index contributed by atoms with van der Waals surface area (Å²) >= 11 is 10.00. The third-order valence-corrected chi connectivity index (χ3v) is 14.8. The summed E-state index contributed by atoms with van der Waals surface area (Å²) < 4.78 is 48.1. The van der Waals surface area contributed by atoms with E-state index in [1.807, 2.05) is 11.8 Å². The van der Waals surface area contributed by atoms with Gasteiger partial charge in [0.2, 0.25) is 0 Å². The van der Waals surface area contributed by atoms with Crippen molar-refractivity contribution < 1.29 is 52.2 Å². The van der Waals surface area contributed by atoms with E-state index < -0.39 is 29.0 Å². The van der Waals surface area contributed by atoms with Gasteiger partial charge >= 0.3 is 47.0 Å². The van der Waals surface area contributed by atoms with Crippen molar-refractivity contribution >= 4 is 49.0 Å². The largest absolute Gasteiger partial charge is 0.502 e. The number of benzene rings is 1. The Balaban J connectivity index is 0. The molecule has 0 bridgehead atoms. The fourth-order valence-corrected chi connectivity index (χ4v) is 9.31. The predicted molar refractivity (Wildman–Crippen MR) is 413 cm³/mol. The fraction of sp³-hybridized carbons (Fsp3) is 0.395. The van der Waals surface area contributed by atoms with E-state index in [9.17, 15) is 24.0 Å². The second kappa shape index (κ2) is 66.3. The van der Waals surface area contributed by atoms with E-state index in [-0.39, 0.29) is 81.8 Å². The van der Waals surface area contributed by atoms with E-state index in [1.54, 1.807) is 30.4 Å². The number of hydrogen-bond acceptors (Lipinski definition) is 20. The van der Waals surface area contributed by atoms with Gasteiger partial charge in [0.15, 0.2) is 0 Å². The molecular formula is C76H108N6O14S3. The average molecular weight is 1430 g/mol. The Bertz CT molecular complexity index is 2810. The second-order valence-electron chi connectivity index (χ2n) is 20.2. The van der Waals surface area contributed by atoms with Crippen molar-refractivity contribution in [3.63, 3.8) is 0 Å². The number of thiol groups is 2. The molecule has 1 fully saturated rings. The number of thioether (sulfide) groups is 1. The van der Waals surface area contributed by atoms with Crippen LogP contribution >= 0.6 is 37.0 Å². The van der Waals surface area contributed by atoms with Crippen LogP contribution in [0.2, 0.25) is 0 Å². The molecule has 0 saturated heterocycles. The number of allylic oxidation sites excluding steroid dienone is 10. The summed E-state index contributed by atoms with van der Waals surface area (Å²) in [7, 11) is 0. The Hall–Kier alpha value is -8.93. The molecule has 6 rings (SSSR count). The van der Waals surface area contributed by atoms with Gasteiger partial charge in [0.25, 0.3) is 0 Å². The van der Waals surface area contributed by atoms with E-state index in [0.29, 0.717) is 25.0 Å². The fourth-order valence-electron chi connectivity index (χ4n) is 8.07. The molecule has 1 saturated carbocycles. The molecular weight excluding hydrogens is 1320 g/mol. The number of hydrogen-bond donors (Lipinski definition) is 2. The topological polar surface area (TPSA) is 222 Å². The summed E-state index contributed by atoms with van der Waals surface area (Å²) in [6.07, 6.45) is 47.1. The number of rotatable bonds is 37. The van der Waals surface area contributed by atoms with Crippen LogP contribution in [0, 0.1) is 17.8 Å². The molecule has 23 heteroatoms. The van der Waals surface area contributed by atoms with Crippen molar-refractivity contribution in [3.05, 3.63) is 269 Å². The van der Waals surface area contributed by atoms with Gasteiger partial charge in [-0.15, -0.1) is 41.3 Å². The molecule has 1 unspecified atom stereocenters. The van der Waals surface area contributed by atoms with Gasteiger partial charge in [0, 0.05) is 11.5 Å². The zero-order valence-corrected chi connectivity index (χ0v) is 60.6. The van der Waals surface area contributed by atoms with Crippen molar-refractivity contribution in [1.29, 1.82) is 0 Å². The SMILES string of the molecule is C1=CCC/C=C\CC1.C=CC1CC=CCC1.C=CCOC(=O)c1ccccc1C(=O)OCC=C.C=CCOc1nc(OCC=C)nc(OCC=C)n1.C=CCn1c(=O)n(CC=C)c(=O)n(CC=C)c1=O.C=COCC1CCC(COC=C)CC1.C=COCCOC=C.SCCSCCS. The number of nitrogens with zero attached hydrogens (tertiary/aromatic N) is 6. The maximum atomic E-state index is 11.9. The second-order valence-corrected chi connectivity index (χ2v) is 22.4. The molecule has 0 N–H and O–H groups in total. The third-order valence-electron chi connectivity index (χ3n) is 12.8. The van der Waals surface area contributed by atoms with Crippen molar-refractivity contribution in [2.24, 2.45) is 17.8 Å². The molecule has 2 heterocycles. The highest BCUT2D eigenvalue weighted by molar-refractivity contribution is 8.00. The molecule has 1 atom stereocenters. The first-order valence-electron chi connectivity index (χ1n) is 32.4. The Morgan fingerprint density at radius 2 is 0.788 bits per heavy atom. The summed E-state index contributed by atoms with van der Waals surface area (Å²) in [5, 5.41) is 0. The number of aromatic nitrogens is 6. The third kappa shape index (κ3) is 46.8. The minimum atomic E-state index is -0.662. The quantitative estimate of drug-likeness (QED) is 0.0180. The molecule has 3 aliphatic rings. The summed E-state index contributed by atoms with van der Waals surface area (Å²) in [5.41, 5.74) is -1.64. The molecule has 3 aromatic rings. The Labute approximate surface area is 603 Å².